The van der Waals surface area contributed by atoms with Crippen LogP contribution in [0.2, 0.25) is 0 Å². The lowest BCUT2D eigenvalue weighted by Crippen LogP contribution is -2.52. The van der Waals surface area contributed by atoms with Gasteiger partial charge in [-0.25, -0.2) is 0 Å². The molecule has 54 valence electrons. The second-order valence-corrected chi connectivity index (χ2v) is 2.90. The Morgan fingerprint density at radius 1 is 1.80 bits per heavy atom. The van der Waals surface area contributed by atoms with Gasteiger partial charge in [-0.1, -0.05) is 6.08 Å². The van der Waals surface area contributed by atoms with Gasteiger partial charge in [0.25, 0.3) is 0 Å². The number of allylic oxidation sites excluding steroid dienone is 2. The Morgan fingerprint density at radius 3 is 2.90 bits per heavy atom. The van der Waals surface area contributed by atoms with Gasteiger partial charge in [-0.2, -0.15) is 0 Å². The third-order valence-electron chi connectivity index (χ3n) is 1.15. The van der Waals surface area contributed by atoms with Crippen LogP contribution in [0.1, 0.15) is 0 Å². The van der Waals surface area contributed by atoms with Crippen LogP contribution in [0.15, 0.2) is 22.8 Å². The predicted octanol–water partition coefficient (Wildman–Crippen LogP) is 0.236. The SMILES string of the molecule is NC1(C=O)C=CC=C(Br)N1. The minimum absolute atomic E-state index is 0.651. The number of aldehydes is 1. The summed E-state index contributed by atoms with van der Waals surface area (Å²) in [6, 6.07) is 0. The van der Waals surface area contributed by atoms with Gasteiger partial charge in [0.05, 0.1) is 4.61 Å². The van der Waals surface area contributed by atoms with Crippen LogP contribution in [0.25, 0.3) is 0 Å². The highest BCUT2D eigenvalue weighted by Crippen LogP contribution is 2.10. The monoisotopic (exact) mass is 202 g/mol. The van der Waals surface area contributed by atoms with Crippen LogP contribution in [0.4, 0.5) is 0 Å². The van der Waals surface area contributed by atoms with Gasteiger partial charge in [0.2, 0.25) is 0 Å². The smallest absolute Gasteiger partial charge is 0.164 e. The molecule has 0 aromatic carbocycles. The van der Waals surface area contributed by atoms with Crippen LogP contribution >= 0.6 is 15.9 Å². The lowest BCUT2D eigenvalue weighted by atomic mass is 10.1. The van der Waals surface area contributed by atoms with Crippen LogP contribution < -0.4 is 11.1 Å². The number of carbonyl (C=O) groups excluding carboxylic acids is 1. The zero-order valence-electron chi connectivity index (χ0n) is 5.17. The predicted molar refractivity (Wildman–Crippen MR) is 42.3 cm³/mol. The van der Waals surface area contributed by atoms with Crippen LogP contribution in [0.3, 0.4) is 0 Å². The van der Waals surface area contributed by atoms with E-state index in [-0.39, 0.29) is 0 Å². The number of halogens is 1. The average Bonchev–Trinajstić information content (AvgIpc) is 1.88. The zero-order chi connectivity index (χ0) is 7.61. The van der Waals surface area contributed by atoms with Crippen LogP contribution in [-0.2, 0) is 4.79 Å². The maximum atomic E-state index is 10.3. The van der Waals surface area contributed by atoms with Gasteiger partial charge < -0.3 is 5.32 Å². The first-order chi connectivity index (χ1) is 4.66. The van der Waals surface area contributed by atoms with E-state index in [2.05, 4.69) is 21.2 Å². The molecule has 1 unspecified atom stereocenters. The second kappa shape index (κ2) is 2.56. The van der Waals surface area contributed by atoms with Crippen LogP contribution in [0.5, 0.6) is 0 Å². The fraction of sp³-hybridized carbons (Fsp3) is 0.167. The van der Waals surface area contributed by atoms with Crippen molar-refractivity contribution >= 4 is 22.2 Å². The molecule has 0 aromatic rings. The van der Waals surface area contributed by atoms with E-state index in [0.717, 1.165) is 0 Å². The van der Waals surface area contributed by atoms with Gasteiger partial charge in [-0.15, -0.1) is 0 Å². The topological polar surface area (TPSA) is 55.1 Å². The normalized spacial score (nSPS) is 30.8. The molecule has 0 saturated carbocycles. The Labute approximate surface area is 67.1 Å². The molecular formula is C6H7BrN2O. The largest absolute Gasteiger partial charge is 0.353 e. The molecule has 0 aliphatic carbocycles. The number of dihydropyridines is 1. The van der Waals surface area contributed by atoms with E-state index < -0.39 is 5.66 Å². The minimum atomic E-state index is -1.03. The Bertz CT molecular complexity index is 212. The molecule has 0 saturated heterocycles. The molecule has 1 aliphatic rings. The summed E-state index contributed by atoms with van der Waals surface area (Å²) in [7, 11) is 0. The van der Waals surface area contributed by atoms with Gasteiger partial charge in [0, 0.05) is 0 Å². The van der Waals surface area contributed by atoms with Gasteiger partial charge in [0.15, 0.2) is 11.9 Å². The van der Waals surface area contributed by atoms with Gasteiger partial charge in [-0.05, 0) is 28.1 Å². The Morgan fingerprint density at radius 2 is 2.50 bits per heavy atom. The molecule has 1 atom stereocenters. The summed E-state index contributed by atoms with van der Waals surface area (Å²) < 4.78 is 0.713. The fourth-order valence-corrected chi connectivity index (χ4v) is 1.15. The first kappa shape index (κ1) is 7.50. The fourth-order valence-electron chi connectivity index (χ4n) is 0.651. The van der Waals surface area contributed by atoms with Crippen molar-refractivity contribution < 1.29 is 4.79 Å². The van der Waals surface area contributed by atoms with Crippen LogP contribution in [-0.4, -0.2) is 11.9 Å². The lowest BCUT2D eigenvalue weighted by Gasteiger charge is -2.23. The van der Waals surface area contributed by atoms with Crippen molar-refractivity contribution in [2.45, 2.75) is 5.66 Å². The first-order valence-corrected chi connectivity index (χ1v) is 3.54. The molecule has 0 fully saturated rings. The zero-order valence-corrected chi connectivity index (χ0v) is 6.76. The van der Waals surface area contributed by atoms with E-state index in [1.807, 2.05) is 0 Å². The maximum absolute atomic E-state index is 10.3. The Hall–Kier alpha value is -0.610. The van der Waals surface area contributed by atoms with E-state index in [9.17, 15) is 4.79 Å². The third kappa shape index (κ3) is 1.46. The number of hydrogen-bond donors (Lipinski definition) is 2. The number of hydrogen-bond acceptors (Lipinski definition) is 3. The van der Waals surface area contributed by atoms with E-state index in [1.165, 1.54) is 0 Å². The van der Waals surface area contributed by atoms with Gasteiger partial charge in [-0.3, -0.25) is 10.5 Å². The molecule has 1 heterocycles. The maximum Gasteiger partial charge on any atom is 0.164 e. The van der Waals surface area contributed by atoms with Crippen LogP contribution in [0, 0.1) is 0 Å². The second-order valence-electron chi connectivity index (χ2n) is 2.05. The Kier molecular flexibility index (Phi) is 1.92. The molecular weight excluding hydrogens is 196 g/mol. The molecule has 10 heavy (non-hydrogen) atoms. The highest BCUT2D eigenvalue weighted by Gasteiger charge is 2.21. The Balaban J connectivity index is 2.80. The molecule has 0 aromatic heterocycles. The summed E-state index contributed by atoms with van der Waals surface area (Å²) in [5, 5.41) is 2.74. The number of nitrogens with two attached hydrogens (primary N) is 1. The molecule has 1 aliphatic heterocycles. The summed E-state index contributed by atoms with van der Waals surface area (Å²) in [5.74, 6) is 0. The number of carbonyl (C=O) groups is 1. The average molecular weight is 203 g/mol. The molecule has 3 nitrogen and oxygen atoms in total. The van der Waals surface area contributed by atoms with E-state index in [0.29, 0.717) is 10.9 Å². The van der Waals surface area contributed by atoms with Crippen molar-refractivity contribution in [1.29, 1.82) is 0 Å². The quantitative estimate of drug-likeness (QED) is 0.474. The molecule has 0 radical (unpaired) electrons. The van der Waals surface area contributed by atoms with Crippen molar-refractivity contribution in [3.05, 3.63) is 22.8 Å². The van der Waals surface area contributed by atoms with Crippen molar-refractivity contribution in [1.82, 2.24) is 5.32 Å². The molecule has 0 spiro atoms. The van der Waals surface area contributed by atoms with Gasteiger partial charge >= 0.3 is 0 Å². The summed E-state index contributed by atoms with van der Waals surface area (Å²) >= 11 is 3.16. The van der Waals surface area contributed by atoms with Crippen molar-refractivity contribution in [2.24, 2.45) is 5.73 Å². The highest BCUT2D eigenvalue weighted by molar-refractivity contribution is 9.11. The van der Waals surface area contributed by atoms with Crippen molar-refractivity contribution in [2.75, 3.05) is 0 Å². The molecule has 3 N–H and O–H groups in total. The number of rotatable bonds is 1. The summed E-state index contributed by atoms with van der Waals surface area (Å²) in [6.07, 6.45) is 5.73. The van der Waals surface area contributed by atoms with E-state index in [4.69, 9.17) is 5.73 Å². The molecule has 0 amide bonds. The lowest BCUT2D eigenvalue weighted by molar-refractivity contribution is -0.111. The summed E-state index contributed by atoms with van der Waals surface area (Å²) in [6.45, 7) is 0. The van der Waals surface area contributed by atoms with Crippen molar-refractivity contribution in [3.63, 3.8) is 0 Å². The molecule has 4 heteroatoms. The highest BCUT2D eigenvalue weighted by atomic mass is 79.9. The minimum Gasteiger partial charge on any atom is -0.353 e. The standard InChI is InChI=1S/C6H7BrN2O/c7-5-2-1-3-6(8,4-10)9-5/h1-4,9H,8H2. The summed E-state index contributed by atoms with van der Waals surface area (Å²) in [4.78, 5) is 10.3. The van der Waals surface area contributed by atoms with E-state index >= 15 is 0 Å². The first-order valence-electron chi connectivity index (χ1n) is 2.75. The summed E-state index contributed by atoms with van der Waals surface area (Å²) in [5.41, 5.74) is 4.48. The van der Waals surface area contributed by atoms with Crippen molar-refractivity contribution in [3.8, 4) is 0 Å². The molecule has 1 rings (SSSR count). The third-order valence-corrected chi connectivity index (χ3v) is 1.61. The van der Waals surface area contributed by atoms with Gasteiger partial charge in [0.1, 0.15) is 0 Å². The number of nitrogens with one attached hydrogen (secondary N) is 1. The van der Waals surface area contributed by atoms with E-state index in [1.54, 1.807) is 18.2 Å². The molecule has 0 bridgehead atoms.